The number of fused-ring (bicyclic) bond motifs is 2. The zero-order valence-corrected chi connectivity index (χ0v) is 28.2. The van der Waals surface area contributed by atoms with Crippen molar-refractivity contribution in [3.8, 4) is 17.2 Å². The van der Waals surface area contributed by atoms with E-state index >= 15 is 0 Å². The van der Waals surface area contributed by atoms with Gasteiger partial charge in [0.1, 0.15) is 27.0 Å². The molecule has 0 aliphatic carbocycles. The van der Waals surface area contributed by atoms with Crippen LogP contribution in [0.15, 0.2) is 28.4 Å². The summed E-state index contributed by atoms with van der Waals surface area (Å²) in [6, 6.07) is 3.22. The summed E-state index contributed by atoms with van der Waals surface area (Å²) >= 11 is 6.71. The second kappa shape index (κ2) is 13.2. The number of ether oxygens (including phenoxy) is 3. The van der Waals surface area contributed by atoms with Crippen molar-refractivity contribution >= 4 is 84.3 Å². The van der Waals surface area contributed by atoms with Crippen molar-refractivity contribution in [3.05, 3.63) is 43.1 Å². The minimum atomic E-state index is -4.49. The Kier molecular flexibility index (Phi) is 10.2. The number of carboxylic acid groups (broad SMARTS) is 2. The van der Waals surface area contributed by atoms with Gasteiger partial charge in [0.15, 0.2) is 17.2 Å². The minimum absolute atomic E-state index is 0. The van der Waals surface area contributed by atoms with E-state index in [4.69, 9.17) is 31.5 Å². The SMILES string of the molecule is CC(/C=c1/s/c(=C2\SC(=S)N(CC(=O)O)C2=O)n(CC(=O)O)c1=O)=C1\Oc2cc3c(cc2N1CCCS(=O)(=O)[O-])OCO3.[Na+]. The molecule has 2 aromatic rings. The number of nitrogens with zero attached hydrogens (tertiary/aromatic N) is 3. The first-order valence-electron chi connectivity index (χ1n) is 12.2. The van der Waals surface area contributed by atoms with Gasteiger partial charge in [0.2, 0.25) is 12.7 Å². The number of hydrogen-bond donors (Lipinski definition) is 2. The molecule has 228 valence electrons. The number of aromatic nitrogens is 1. The van der Waals surface area contributed by atoms with Crippen LogP contribution < -0.4 is 63.4 Å². The molecule has 3 aliphatic rings. The molecule has 0 atom stereocenters. The van der Waals surface area contributed by atoms with Crippen LogP contribution in [0.25, 0.3) is 11.0 Å². The zero-order chi connectivity index (χ0) is 31.2. The Labute approximate surface area is 284 Å². The Balaban J connectivity index is 0.00000442. The van der Waals surface area contributed by atoms with Gasteiger partial charge in [0.25, 0.3) is 11.5 Å². The van der Waals surface area contributed by atoms with Gasteiger partial charge in [0, 0.05) is 30.0 Å². The summed E-state index contributed by atoms with van der Waals surface area (Å²) in [5.74, 6) is -2.65. The molecule has 1 aromatic carbocycles. The van der Waals surface area contributed by atoms with Gasteiger partial charge in [-0.25, -0.2) is 8.42 Å². The van der Waals surface area contributed by atoms with Gasteiger partial charge < -0.3 is 33.9 Å². The number of carbonyl (C=O) groups excluding carboxylic acids is 1. The predicted molar refractivity (Wildman–Crippen MR) is 155 cm³/mol. The number of thiazole rings is 1. The quantitative estimate of drug-likeness (QED) is 0.149. The number of carbonyl (C=O) groups is 3. The van der Waals surface area contributed by atoms with Crippen LogP contribution in [-0.2, 0) is 31.0 Å². The van der Waals surface area contributed by atoms with E-state index in [0.29, 0.717) is 28.5 Å². The van der Waals surface area contributed by atoms with E-state index in [2.05, 4.69) is 0 Å². The molecule has 1 aromatic heterocycles. The van der Waals surface area contributed by atoms with Crippen LogP contribution in [0.3, 0.4) is 0 Å². The van der Waals surface area contributed by atoms with Crippen LogP contribution in [0.2, 0.25) is 0 Å². The Bertz CT molecular complexity index is 1920. The summed E-state index contributed by atoms with van der Waals surface area (Å²) in [7, 11) is -4.49. The van der Waals surface area contributed by atoms with E-state index in [-0.39, 0.29) is 73.6 Å². The number of anilines is 1. The summed E-state index contributed by atoms with van der Waals surface area (Å²) in [5.41, 5.74) is 0.140. The van der Waals surface area contributed by atoms with Crippen LogP contribution in [0.5, 0.6) is 17.2 Å². The van der Waals surface area contributed by atoms with Crippen molar-refractivity contribution in [3.63, 3.8) is 0 Å². The Hall–Kier alpha value is -2.91. The Morgan fingerprint density at radius 3 is 2.39 bits per heavy atom. The minimum Gasteiger partial charge on any atom is -0.748 e. The van der Waals surface area contributed by atoms with Gasteiger partial charge in [-0.2, -0.15) is 0 Å². The number of rotatable bonds is 9. The topological polar surface area (TPSA) is 205 Å². The van der Waals surface area contributed by atoms with E-state index in [1.54, 1.807) is 24.0 Å². The van der Waals surface area contributed by atoms with E-state index in [9.17, 15) is 37.3 Å². The number of thioether (sulfide) groups is 1. The fraction of sp³-hybridized carbons (Fsp3) is 0.292. The zero-order valence-electron chi connectivity index (χ0n) is 22.9. The first-order chi connectivity index (χ1) is 20.2. The summed E-state index contributed by atoms with van der Waals surface area (Å²) < 4.78 is 51.4. The number of hydrogen-bond acceptors (Lipinski definition) is 14. The molecular weight excluding hydrogens is 674 g/mol. The molecule has 0 bridgehead atoms. The first-order valence-corrected chi connectivity index (χ1v) is 15.8. The molecule has 0 radical (unpaired) electrons. The maximum atomic E-state index is 13.4. The second-order valence-corrected chi connectivity index (χ2v) is 13.4. The fourth-order valence-corrected chi connectivity index (χ4v) is 7.45. The van der Waals surface area contributed by atoms with Crippen molar-refractivity contribution in [1.82, 2.24) is 9.47 Å². The summed E-state index contributed by atoms with van der Waals surface area (Å²) in [4.78, 5) is 51.6. The number of thiocarbonyl (C=S) groups is 1. The third-order valence-electron chi connectivity index (χ3n) is 6.20. The van der Waals surface area contributed by atoms with Gasteiger partial charge in [-0.1, -0.05) is 24.0 Å². The maximum Gasteiger partial charge on any atom is 1.00 e. The van der Waals surface area contributed by atoms with Gasteiger partial charge in [-0.15, -0.1) is 11.3 Å². The number of benzene rings is 1. The third-order valence-corrected chi connectivity index (χ3v) is 9.68. The van der Waals surface area contributed by atoms with Crippen molar-refractivity contribution < 1.29 is 81.3 Å². The number of carboxylic acids is 2. The summed E-state index contributed by atoms with van der Waals surface area (Å²) in [6.45, 7) is 0.178. The van der Waals surface area contributed by atoms with Crippen LogP contribution in [-0.4, -0.2) is 80.5 Å². The number of amides is 1. The number of allylic oxidation sites excluding steroid dienone is 1. The molecule has 5 rings (SSSR count). The molecule has 20 heteroatoms. The van der Waals surface area contributed by atoms with Crippen LogP contribution in [0.1, 0.15) is 13.3 Å². The van der Waals surface area contributed by atoms with Crippen LogP contribution in [0, 0.1) is 0 Å². The summed E-state index contributed by atoms with van der Waals surface area (Å²) in [5, 5.41) is 18.6. The first kappa shape index (κ1) is 34.0. The largest absolute Gasteiger partial charge is 1.00 e. The Morgan fingerprint density at radius 2 is 1.75 bits per heavy atom. The molecule has 0 spiro atoms. The molecule has 1 amide bonds. The van der Waals surface area contributed by atoms with E-state index in [1.807, 2.05) is 0 Å². The molecule has 0 unspecified atom stereocenters. The third kappa shape index (κ3) is 6.99. The van der Waals surface area contributed by atoms with Crippen molar-refractivity contribution in [2.75, 3.05) is 30.5 Å². The van der Waals surface area contributed by atoms with Crippen LogP contribution in [0.4, 0.5) is 5.69 Å². The summed E-state index contributed by atoms with van der Waals surface area (Å²) in [6.07, 6.45) is 1.38. The fourth-order valence-electron chi connectivity index (χ4n) is 4.41. The molecular formula is C24H20N3NaO12S4. The van der Waals surface area contributed by atoms with Crippen molar-refractivity contribution in [1.29, 1.82) is 0 Å². The van der Waals surface area contributed by atoms with Gasteiger partial charge in [0.05, 0.1) is 20.3 Å². The molecule has 44 heavy (non-hydrogen) atoms. The van der Waals surface area contributed by atoms with E-state index in [1.165, 1.54) is 6.08 Å². The second-order valence-electron chi connectivity index (χ2n) is 9.21. The van der Waals surface area contributed by atoms with Gasteiger partial charge in [-0.05, 0) is 19.4 Å². The van der Waals surface area contributed by atoms with E-state index in [0.717, 1.165) is 32.6 Å². The molecule has 4 heterocycles. The van der Waals surface area contributed by atoms with E-state index < -0.39 is 52.4 Å². The average Bonchev–Trinajstić information content (AvgIpc) is 3.65. The molecule has 2 N–H and O–H groups in total. The van der Waals surface area contributed by atoms with Gasteiger partial charge >= 0.3 is 41.5 Å². The molecule has 0 saturated carbocycles. The molecule has 1 fully saturated rings. The Morgan fingerprint density at radius 1 is 1.09 bits per heavy atom. The number of aliphatic carboxylic acids is 2. The van der Waals surface area contributed by atoms with Crippen molar-refractivity contribution in [2.24, 2.45) is 0 Å². The normalized spacial score (nSPS) is 18.4. The maximum absolute atomic E-state index is 13.4. The molecule has 3 aliphatic heterocycles. The predicted octanol–water partition coefficient (Wildman–Crippen LogP) is -3.37. The standard InChI is InChI=1S/C24H21N3O12S4.Na/c1-11(22-25(3-2-4-43(34,35)36)12-6-14-15(38-10-37-14)7-13(12)39-22)5-16-20(32)26(8-17(28)29)23(41-16)19-21(33)27(9-18(30)31)24(40)42-19;/h5-7H,2-4,8-10H2,1H3,(H,28,29)(H,30,31)(H,34,35,36);/q;+1/p-1/b16-5+,22-11+,23-19-;. The molecule has 1 saturated heterocycles. The van der Waals surface area contributed by atoms with Crippen molar-refractivity contribution in [2.45, 2.75) is 19.9 Å². The average molecular weight is 694 g/mol. The smallest absolute Gasteiger partial charge is 0.748 e. The van der Waals surface area contributed by atoms with Crippen LogP contribution >= 0.6 is 35.3 Å². The van der Waals surface area contributed by atoms with Gasteiger partial charge in [-0.3, -0.25) is 28.6 Å². The monoisotopic (exact) mass is 693 g/mol. The molecule has 15 nitrogen and oxygen atoms in total.